The lowest BCUT2D eigenvalue weighted by atomic mass is 10.1. The van der Waals surface area contributed by atoms with Crippen LogP contribution in [0.15, 0.2) is 62.6 Å². The fraction of sp³-hybridized carbons (Fsp3) is 0.167. The van der Waals surface area contributed by atoms with Gasteiger partial charge in [0.2, 0.25) is 5.78 Å². The standard InChI is InChI=1S/C18H17ClOS3/c1-12-5-4-6-15(11-12)23-17(18(21-2)22-3)16(20)13-7-9-14(19)10-8-13/h4-11H,1-3H3. The highest BCUT2D eigenvalue weighted by Gasteiger charge is 2.18. The lowest BCUT2D eigenvalue weighted by Gasteiger charge is -2.12. The van der Waals surface area contributed by atoms with Gasteiger partial charge < -0.3 is 0 Å². The number of hydrogen-bond acceptors (Lipinski definition) is 4. The van der Waals surface area contributed by atoms with Gasteiger partial charge in [0.1, 0.15) is 0 Å². The predicted octanol–water partition coefficient (Wildman–Crippen LogP) is 6.52. The third kappa shape index (κ3) is 5.08. The van der Waals surface area contributed by atoms with E-state index in [0.717, 1.165) is 14.0 Å². The number of carbonyl (C=O) groups excluding carboxylic acids is 1. The Hall–Kier alpha value is -0.810. The second-order valence-electron chi connectivity index (χ2n) is 4.78. The summed E-state index contributed by atoms with van der Waals surface area (Å²) in [6.45, 7) is 2.05. The van der Waals surface area contributed by atoms with Crippen molar-refractivity contribution in [2.24, 2.45) is 0 Å². The molecule has 5 heteroatoms. The summed E-state index contributed by atoms with van der Waals surface area (Å²) in [6, 6.07) is 15.3. The van der Waals surface area contributed by atoms with Gasteiger partial charge in [-0.2, -0.15) is 0 Å². The lowest BCUT2D eigenvalue weighted by molar-refractivity contribution is 0.104. The zero-order valence-electron chi connectivity index (χ0n) is 13.1. The number of allylic oxidation sites excluding steroid dienone is 1. The van der Waals surface area contributed by atoms with Crippen molar-refractivity contribution in [1.29, 1.82) is 0 Å². The Kier molecular flexibility index (Phi) is 7.15. The van der Waals surface area contributed by atoms with E-state index in [0.29, 0.717) is 10.6 Å². The molecule has 0 N–H and O–H groups in total. The molecule has 2 aromatic rings. The minimum atomic E-state index is 0.0341. The zero-order valence-corrected chi connectivity index (χ0v) is 16.3. The molecule has 2 aromatic carbocycles. The van der Waals surface area contributed by atoms with Crippen molar-refractivity contribution in [3.05, 3.63) is 73.8 Å². The van der Waals surface area contributed by atoms with Gasteiger partial charge in [-0.1, -0.05) is 41.1 Å². The number of hydrogen-bond donors (Lipinski definition) is 0. The highest BCUT2D eigenvalue weighted by Crippen LogP contribution is 2.39. The van der Waals surface area contributed by atoms with E-state index < -0.39 is 0 Å². The van der Waals surface area contributed by atoms with Gasteiger partial charge in [-0.3, -0.25) is 4.79 Å². The topological polar surface area (TPSA) is 17.1 Å². The van der Waals surface area contributed by atoms with E-state index in [2.05, 4.69) is 19.1 Å². The van der Waals surface area contributed by atoms with E-state index >= 15 is 0 Å². The van der Waals surface area contributed by atoms with Crippen LogP contribution in [-0.2, 0) is 0 Å². The van der Waals surface area contributed by atoms with Crippen molar-refractivity contribution in [2.75, 3.05) is 12.5 Å². The first kappa shape index (κ1) is 18.5. The molecule has 0 fully saturated rings. The molecule has 1 nitrogen and oxygen atoms in total. The van der Waals surface area contributed by atoms with Crippen LogP contribution in [0.3, 0.4) is 0 Å². The molecule has 23 heavy (non-hydrogen) atoms. The van der Waals surface area contributed by atoms with Gasteiger partial charge in [0, 0.05) is 15.5 Å². The smallest absolute Gasteiger partial charge is 0.201 e. The van der Waals surface area contributed by atoms with Crippen molar-refractivity contribution in [1.82, 2.24) is 0 Å². The Labute approximate surface area is 155 Å². The number of rotatable bonds is 6. The molecular weight excluding hydrogens is 364 g/mol. The largest absolute Gasteiger partial charge is 0.288 e. The van der Waals surface area contributed by atoms with Crippen LogP contribution in [0.4, 0.5) is 0 Å². The molecule has 0 unspecified atom stereocenters. The number of aryl methyl sites for hydroxylation is 1. The number of thioether (sulfide) groups is 3. The number of benzene rings is 2. The quantitative estimate of drug-likeness (QED) is 0.322. The first-order chi connectivity index (χ1) is 11.0. The fourth-order valence-corrected chi connectivity index (χ4v) is 5.00. The minimum absolute atomic E-state index is 0.0341. The monoisotopic (exact) mass is 380 g/mol. The molecule has 0 aliphatic heterocycles. The van der Waals surface area contributed by atoms with Gasteiger partial charge in [0.05, 0.1) is 9.14 Å². The minimum Gasteiger partial charge on any atom is -0.288 e. The summed E-state index contributed by atoms with van der Waals surface area (Å²) < 4.78 is 1.02. The summed E-state index contributed by atoms with van der Waals surface area (Å²) >= 11 is 10.7. The molecule has 0 aromatic heterocycles. The van der Waals surface area contributed by atoms with Crippen LogP contribution in [0.2, 0.25) is 5.02 Å². The number of Topliss-reactive ketones (excluding diaryl/α,β-unsaturated/α-hetero) is 1. The molecule has 0 saturated carbocycles. The maximum Gasteiger partial charge on any atom is 0.201 e. The van der Waals surface area contributed by atoms with E-state index in [9.17, 15) is 4.79 Å². The molecule has 0 aliphatic carbocycles. The van der Waals surface area contributed by atoms with Gasteiger partial charge in [-0.25, -0.2) is 0 Å². The van der Waals surface area contributed by atoms with Crippen molar-refractivity contribution >= 4 is 52.7 Å². The molecule has 120 valence electrons. The Morgan fingerprint density at radius 2 is 1.65 bits per heavy atom. The van der Waals surface area contributed by atoms with Crippen LogP contribution in [0.25, 0.3) is 0 Å². The summed E-state index contributed by atoms with van der Waals surface area (Å²) in [4.78, 5) is 14.8. The van der Waals surface area contributed by atoms with Crippen LogP contribution in [0, 0.1) is 6.92 Å². The van der Waals surface area contributed by atoms with Crippen molar-refractivity contribution < 1.29 is 4.79 Å². The molecule has 0 heterocycles. The molecule has 2 rings (SSSR count). The van der Waals surface area contributed by atoms with Crippen LogP contribution < -0.4 is 0 Å². The number of halogens is 1. The second kappa shape index (κ2) is 8.88. The molecule has 0 radical (unpaired) electrons. The molecule has 0 bridgehead atoms. The Bertz CT molecular complexity index is 717. The molecule has 0 spiro atoms. The third-order valence-corrected chi connectivity index (χ3v) is 6.82. The maximum absolute atomic E-state index is 13.0. The van der Waals surface area contributed by atoms with Crippen LogP contribution in [0.5, 0.6) is 0 Å². The van der Waals surface area contributed by atoms with E-state index in [-0.39, 0.29) is 5.78 Å². The molecule has 0 atom stereocenters. The SMILES string of the molecule is CSC(SC)=C(Sc1cccc(C)c1)C(=O)c1ccc(Cl)cc1. The van der Waals surface area contributed by atoms with Gasteiger partial charge in [0.15, 0.2) is 0 Å². The Morgan fingerprint density at radius 1 is 1.00 bits per heavy atom. The lowest BCUT2D eigenvalue weighted by Crippen LogP contribution is -2.02. The summed E-state index contributed by atoms with van der Waals surface area (Å²) in [7, 11) is 0. The maximum atomic E-state index is 13.0. The molecule has 0 amide bonds. The van der Waals surface area contributed by atoms with Gasteiger partial charge in [0.25, 0.3) is 0 Å². The summed E-state index contributed by atoms with van der Waals surface area (Å²) in [5, 5.41) is 0.633. The van der Waals surface area contributed by atoms with Crippen molar-refractivity contribution in [2.45, 2.75) is 11.8 Å². The average molecular weight is 381 g/mol. The van der Waals surface area contributed by atoms with E-state index in [1.54, 1.807) is 47.8 Å². The third-order valence-electron chi connectivity index (χ3n) is 3.08. The van der Waals surface area contributed by atoms with Gasteiger partial charge in [-0.15, -0.1) is 23.5 Å². The van der Waals surface area contributed by atoms with E-state index in [4.69, 9.17) is 11.6 Å². The fourth-order valence-electron chi connectivity index (χ4n) is 1.98. The molecule has 0 saturated heterocycles. The first-order valence-electron chi connectivity index (χ1n) is 6.92. The zero-order chi connectivity index (χ0) is 16.8. The summed E-state index contributed by atoms with van der Waals surface area (Å²) in [6.07, 6.45) is 4.00. The summed E-state index contributed by atoms with van der Waals surface area (Å²) in [5.74, 6) is 0.0341. The van der Waals surface area contributed by atoms with Gasteiger partial charge in [-0.05, 0) is 55.8 Å². The molecule has 0 aliphatic rings. The second-order valence-corrected chi connectivity index (χ2v) is 8.19. The van der Waals surface area contributed by atoms with E-state index in [1.807, 2.05) is 24.6 Å². The van der Waals surface area contributed by atoms with Gasteiger partial charge >= 0.3 is 0 Å². The van der Waals surface area contributed by atoms with Crippen LogP contribution in [-0.4, -0.2) is 18.3 Å². The first-order valence-corrected chi connectivity index (χ1v) is 10.6. The highest BCUT2D eigenvalue weighted by molar-refractivity contribution is 8.22. The Balaban J connectivity index is 2.40. The average Bonchev–Trinajstić information content (AvgIpc) is 2.55. The number of carbonyl (C=O) groups is 1. The van der Waals surface area contributed by atoms with Crippen LogP contribution in [0.1, 0.15) is 15.9 Å². The summed E-state index contributed by atoms with van der Waals surface area (Å²) in [5.41, 5.74) is 1.84. The molecular formula is C18H17ClOS3. The number of ketones is 1. The van der Waals surface area contributed by atoms with Crippen molar-refractivity contribution in [3.8, 4) is 0 Å². The van der Waals surface area contributed by atoms with Crippen molar-refractivity contribution in [3.63, 3.8) is 0 Å². The Morgan fingerprint density at radius 3 is 2.22 bits per heavy atom. The predicted molar refractivity (Wildman–Crippen MR) is 107 cm³/mol. The normalized spacial score (nSPS) is 10.4. The van der Waals surface area contributed by atoms with Crippen LogP contribution >= 0.6 is 46.9 Å². The van der Waals surface area contributed by atoms with E-state index in [1.165, 1.54) is 17.3 Å². The highest BCUT2D eigenvalue weighted by atomic mass is 35.5.